The van der Waals surface area contributed by atoms with Crippen molar-refractivity contribution in [3.63, 3.8) is 0 Å². The maximum Gasteiger partial charge on any atom is 0.308 e. The highest BCUT2D eigenvalue weighted by Crippen LogP contribution is 2.21. The van der Waals surface area contributed by atoms with Crippen LogP contribution >= 0.6 is 0 Å². The number of amides is 2. The number of aliphatic hydroxyl groups is 1. The van der Waals surface area contributed by atoms with Gasteiger partial charge in [-0.15, -0.1) is 0 Å². The second-order valence-electron chi connectivity index (χ2n) is 8.78. The Bertz CT molecular complexity index is 1180. The van der Waals surface area contributed by atoms with E-state index in [1.165, 1.54) is 18.1 Å². The number of rotatable bonds is 13. The van der Waals surface area contributed by atoms with Gasteiger partial charge < -0.3 is 25.2 Å². The first kappa shape index (κ1) is 27.6. The molecule has 0 fully saturated rings. The minimum atomic E-state index is -1.14. The van der Waals surface area contributed by atoms with Crippen LogP contribution in [0.2, 0.25) is 0 Å². The number of nitrogens with one attached hydrogen (secondary N) is 2. The van der Waals surface area contributed by atoms with Gasteiger partial charge in [-0.3, -0.25) is 19.5 Å². The van der Waals surface area contributed by atoms with E-state index in [1.807, 2.05) is 54.6 Å². The number of carbonyl (C=O) groups excluding carboxylic acids is 2. The highest BCUT2D eigenvalue weighted by molar-refractivity contribution is 5.97. The van der Waals surface area contributed by atoms with Gasteiger partial charge in [-0.1, -0.05) is 54.6 Å². The molecular formula is C27H32N4O6. The standard InChI is InChI=1S/C27H32N4O6/c1-31(12-13-37-2)26(34)24-16-23(29-30-24)25(33)28-22(15-21(17-32)27(35)36)14-18-8-10-20(11-9-18)19-6-4-3-5-7-19/h3-11,16,21-22,32H,12-15,17H2,1-2H3,(H,28,33)(H,29,30)(H,35,36)/t21-,22+/m0/s1. The van der Waals surface area contributed by atoms with Crippen LogP contribution in [0.1, 0.15) is 33.0 Å². The van der Waals surface area contributed by atoms with Crippen LogP contribution in [0, 0.1) is 5.92 Å². The summed E-state index contributed by atoms with van der Waals surface area (Å²) in [5.74, 6) is -3.08. The Morgan fingerprint density at radius 1 is 1.08 bits per heavy atom. The fourth-order valence-electron chi connectivity index (χ4n) is 3.87. The van der Waals surface area contributed by atoms with Crippen LogP contribution < -0.4 is 5.32 Å². The molecule has 0 unspecified atom stereocenters. The second kappa shape index (κ2) is 13.3. The zero-order chi connectivity index (χ0) is 26.8. The van der Waals surface area contributed by atoms with Crippen molar-refractivity contribution in [2.24, 2.45) is 5.92 Å². The van der Waals surface area contributed by atoms with Gasteiger partial charge in [0.25, 0.3) is 11.8 Å². The van der Waals surface area contributed by atoms with Crippen molar-refractivity contribution in [1.82, 2.24) is 20.4 Å². The average Bonchev–Trinajstić information content (AvgIpc) is 3.41. The quantitative estimate of drug-likeness (QED) is 0.277. The second-order valence-corrected chi connectivity index (χ2v) is 8.78. The molecule has 0 bridgehead atoms. The van der Waals surface area contributed by atoms with E-state index >= 15 is 0 Å². The molecular weight excluding hydrogens is 476 g/mol. The summed E-state index contributed by atoms with van der Waals surface area (Å²) < 4.78 is 4.98. The van der Waals surface area contributed by atoms with Gasteiger partial charge >= 0.3 is 5.97 Å². The monoisotopic (exact) mass is 508 g/mol. The van der Waals surface area contributed by atoms with Gasteiger partial charge in [0.1, 0.15) is 5.69 Å². The van der Waals surface area contributed by atoms with Crippen LogP contribution in [0.25, 0.3) is 11.1 Å². The number of ether oxygens (including phenoxy) is 1. The van der Waals surface area contributed by atoms with E-state index in [2.05, 4.69) is 15.5 Å². The van der Waals surface area contributed by atoms with Crippen LogP contribution in [0.15, 0.2) is 60.7 Å². The summed E-state index contributed by atoms with van der Waals surface area (Å²) in [6, 6.07) is 18.5. The highest BCUT2D eigenvalue weighted by atomic mass is 16.5. The number of aromatic amines is 1. The highest BCUT2D eigenvalue weighted by Gasteiger charge is 2.25. The third-order valence-corrected chi connectivity index (χ3v) is 6.04. The molecule has 0 aliphatic rings. The van der Waals surface area contributed by atoms with E-state index in [4.69, 9.17) is 4.74 Å². The van der Waals surface area contributed by atoms with Crippen molar-refractivity contribution in [3.8, 4) is 11.1 Å². The first-order valence-corrected chi connectivity index (χ1v) is 11.9. The predicted octanol–water partition coefficient (Wildman–Crippen LogP) is 2.22. The third kappa shape index (κ3) is 7.73. The van der Waals surface area contributed by atoms with E-state index in [0.717, 1.165) is 16.7 Å². The molecule has 37 heavy (non-hydrogen) atoms. The summed E-state index contributed by atoms with van der Waals surface area (Å²) in [5.41, 5.74) is 3.16. The Morgan fingerprint density at radius 2 is 1.76 bits per heavy atom. The molecule has 2 amide bonds. The Kier molecular flexibility index (Phi) is 9.93. The summed E-state index contributed by atoms with van der Waals surface area (Å²) in [6.45, 7) is 0.182. The topological polar surface area (TPSA) is 145 Å². The molecule has 0 radical (unpaired) electrons. The number of hydrogen-bond donors (Lipinski definition) is 4. The Balaban J connectivity index is 1.73. The molecule has 2 atom stereocenters. The van der Waals surface area contributed by atoms with E-state index in [0.29, 0.717) is 19.6 Å². The Labute approximate surface area is 215 Å². The van der Waals surface area contributed by atoms with Gasteiger partial charge in [0.2, 0.25) is 0 Å². The van der Waals surface area contributed by atoms with Crippen LogP contribution in [0.3, 0.4) is 0 Å². The molecule has 1 aromatic heterocycles. The van der Waals surface area contributed by atoms with Gasteiger partial charge in [0.05, 0.1) is 19.1 Å². The van der Waals surface area contributed by atoms with E-state index < -0.39 is 30.4 Å². The zero-order valence-corrected chi connectivity index (χ0v) is 20.9. The van der Waals surface area contributed by atoms with Crippen LogP contribution in [-0.4, -0.2) is 83.1 Å². The van der Waals surface area contributed by atoms with Crippen LogP contribution in [0.4, 0.5) is 0 Å². The Hall–Kier alpha value is -4.02. The molecule has 0 saturated carbocycles. The SMILES string of the molecule is COCCN(C)C(=O)c1cc(C(=O)N[C@H](Cc2ccc(-c3ccccc3)cc2)C[C@@H](CO)C(=O)O)[nH]n1. The number of methoxy groups -OCH3 is 1. The predicted molar refractivity (Wildman–Crippen MR) is 137 cm³/mol. The smallest absolute Gasteiger partial charge is 0.308 e. The van der Waals surface area contributed by atoms with Gasteiger partial charge in [-0.25, -0.2) is 0 Å². The molecule has 196 valence electrons. The van der Waals surface area contributed by atoms with Crippen molar-refractivity contribution in [3.05, 3.63) is 77.6 Å². The Morgan fingerprint density at radius 3 is 2.38 bits per heavy atom. The first-order chi connectivity index (χ1) is 17.8. The third-order valence-electron chi connectivity index (χ3n) is 6.04. The average molecular weight is 509 g/mol. The van der Waals surface area contributed by atoms with Crippen molar-refractivity contribution in [2.45, 2.75) is 18.9 Å². The lowest BCUT2D eigenvalue weighted by Crippen LogP contribution is -2.40. The largest absolute Gasteiger partial charge is 0.481 e. The normalized spacial score (nSPS) is 12.5. The summed E-state index contributed by atoms with van der Waals surface area (Å²) in [5, 5.41) is 28.3. The van der Waals surface area contributed by atoms with E-state index in [1.54, 1.807) is 7.05 Å². The molecule has 10 heteroatoms. The molecule has 3 rings (SSSR count). The maximum absolute atomic E-state index is 13.0. The lowest BCUT2D eigenvalue weighted by atomic mass is 9.94. The maximum atomic E-state index is 13.0. The molecule has 3 aromatic rings. The minimum Gasteiger partial charge on any atom is -0.481 e. The molecule has 0 aliphatic heterocycles. The molecule has 2 aromatic carbocycles. The van der Waals surface area contributed by atoms with Crippen molar-refractivity contribution < 1.29 is 29.3 Å². The number of H-pyrrole nitrogens is 1. The number of likely N-dealkylation sites (N-methyl/N-ethyl adjacent to an activating group) is 1. The lowest BCUT2D eigenvalue weighted by Gasteiger charge is -2.21. The van der Waals surface area contributed by atoms with Crippen molar-refractivity contribution >= 4 is 17.8 Å². The number of aliphatic hydroxyl groups excluding tert-OH is 1. The number of carbonyl (C=O) groups is 3. The number of carboxylic acids is 1. The molecule has 0 spiro atoms. The minimum absolute atomic E-state index is 0.0255. The molecule has 0 saturated heterocycles. The van der Waals surface area contributed by atoms with Crippen LogP contribution in [0.5, 0.6) is 0 Å². The van der Waals surface area contributed by atoms with Crippen LogP contribution in [-0.2, 0) is 16.0 Å². The van der Waals surface area contributed by atoms with E-state index in [9.17, 15) is 24.6 Å². The first-order valence-electron chi connectivity index (χ1n) is 11.9. The number of hydrogen-bond acceptors (Lipinski definition) is 6. The zero-order valence-electron chi connectivity index (χ0n) is 20.9. The van der Waals surface area contributed by atoms with E-state index in [-0.39, 0.29) is 23.7 Å². The molecule has 4 N–H and O–H groups in total. The number of carboxylic acid groups (broad SMARTS) is 1. The van der Waals surface area contributed by atoms with Crippen molar-refractivity contribution in [2.75, 3.05) is 33.9 Å². The summed E-state index contributed by atoms with van der Waals surface area (Å²) in [4.78, 5) is 38.5. The number of aliphatic carboxylic acids is 1. The van der Waals surface area contributed by atoms with Gasteiger partial charge in [0.15, 0.2) is 5.69 Å². The molecule has 1 heterocycles. The van der Waals surface area contributed by atoms with Gasteiger partial charge in [0, 0.05) is 32.8 Å². The number of nitrogens with zero attached hydrogens (tertiary/aromatic N) is 2. The molecule has 0 aliphatic carbocycles. The number of aromatic nitrogens is 2. The van der Waals surface area contributed by atoms with Gasteiger partial charge in [-0.05, 0) is 29.5 Å². The summed E-state index contributed by atoms with van der Waals surface area (Å²) >= 11 is 0. The summed E-state index contributed by atoms with van der Waals surface area (Å²) in [7, 11) is 3.14. The fourth-order valence-corrected chi connectivity index (χ4v) is 3.87. The summed E-state index contributed by atoms with van der Waals surface area (Å²) in [6.07, 6.45) is 0.377. The van der Waals surface area contributed by atoms with Gasteiger partial charge in [-0.2, -0.15) is 5.10 Å². The number of benzene rings is 2. The van der Waals surface area contributed by atoms with Crippen molar-refractivity contribution in [1.29, 1.82) is 0 Å². The molecule has 10 nitrogen and oxygen atoms in total. The fraction of sp³-hybridized carbons (Fsp3) is 0.333. The lowest BCUT2D eigenvalue weighted by molar-refractivity contribution is -0.143.